The summed E-state index contributed by atoms with van der Waals surface area (Å²) in [5, 5.41) is 13.5. The molecular formula is C12H12ClN3O3. The maximum absolute atomic E-state index is 11.1. The number of halogens is 1. The monoisotopic (exact) mass is 281 g/mol. The predicted molar refractivity (Wildman–Crippen MR) is 68.4 cm³/mol. The zero-order chi connectivity index (χ0) is 13.8. The summed E-state index contributed by atoms with van der Waals surface area (Å²) in [5.41, 5.74) is 0.0620. The smallest absolute Gasteiger partial charge is 0.339 e. The van der Waals surface area contributed by atoms with Gasteiger partial charge in [0.25, 0.3) is 0 Å². The van der Waals surface area contributed by atoms with E-state index in [1.807, 2.05) is 6.92 Å². The molecular weight excluding hydrogens is 270 g/mol. The molecule has 0 fully saturated rings. The zero-order valence-corrected chi connectivity index (χ0v) is 11.0. The van der Waals surface area contributed by atoms with Gasteiger partial charge in [-0.15, -0.1) is 0 Å². The van der Waals surface area contributed by atoms with Crippen LogP contribution in [0, 0.1) is 0 Å². The van der Waals surface area contributed by atoms with Gasteiger partial charge in [-0.05, 0) is 25.1 Å². The van der Waals surface area contributed by atoms with Crippen molar-refractivity contribution in [1.29, 1.82) is 0 Å². The van der Waals surface area contributed by atoms with E-state index in [9.17, 15) is 4.79 Å². The van der Waals surface area contributed by atoms with Gasteiger partial charge in [0.2, 0.25) is 0 Å². The first kappa shape index (κ1) is 13.4. The van der Waals surface area contributed by atoms with Crippen molar-refractivity contribution in [2.45, 2.75) is 20.1 Å². The van der Waals surface area contributed by atoms with Crippen molar-refractivity contribution in [1.82, 2.24) is 14.8 Å². The minimum atomic E-state index is -1.07. The molecule has 0 bridgehead atoms. The van der Waals surface area contributed by atoms with Crippen LogP contribution >= 0.6 is 11.6 Å². The lowest BCUT2D eigenvalue weighted by Gasteiger charge is -2.09. The Morgan fingerprint density at radius 2 is 2.32 bits per heavy atom. The van der Waals surface area contributed by atoms with Crippen LogP contribution in [-0.4, -0.2) is 25.8 Å². The van der Waals surface area contributed by atoms with Crippen molar-refractivity contribution in [2.75, 3.05) is 0 Å². The maximum Gasteiger partial charge on any atom is 0.339 e. The number of benzene rings is 1. The van der Waals surface area contributed by atoms with E-state index in [2.05, 4.69) is 10.1 Å². The summed E-state index contributed by atoms with van der Waals surface area (Å²) < 4.78 is 7.15. The van der Waals surface area contributed by atoms with Crippen molar-refractivity contribution in [3.63, 3.8) is 0 Å². The number of hydrogen-bond donors (Lipinski definition) is 1. The molecule has 2 rings (SSSR count). The fourth-order valence-corrected chi connectivity index (χ4v) is 1.76. The highest BCUT2D eigenvalue weighted by Gasteiger charge is 2.13. The summed E-state index contributed by atoms with van der Waals surface area (Å²) in [5.74, 6) is -0.229. The van der Waals surface area contributed by atoms with E-state index in [1.54, 1.807) is 4.68 Å². The molecule has 0 amide bonds. The minimum absolute atomic E-state index is 0.0620. The Bertz CT molecular complexity index is 598. The van der Waals surface area contributed by atoms with Gasteiger partial charge in [0.15, 0.2) is 5.82 Å². The normalized spacial score (nSPS) is 10.4. The third-order valence-electron chi connectivity index (χ3n) is 2.53. The van der Waals surface area contributed by atoms with E-state index in [0.29, 0.717) is 17.4 Å². The van der Waals surface area contributed by atoms with Crippen molar-refractivity contribution in [2.24, 2.45) is 0 Å². The average Bonchev–Trinajstić information content (AvgIpc) is 2.83. The number of hydrogen-bond acceptors (Lipinski definition) is 4. The lowest BCUT2D eigenvalue weighted by molar-refractivity contribution is 0.0691. The van der Waals surface area contributed by atoms with Gasteiger partial charge in [-0.2, -0.15) is 5.10 Å². The van der Waals surface area contributed by atoms with Crippen LogP contribution in [0.4, 0.5) is 0 Å². The Balaban J connectivity index is 2.19. The van der Waals surface area contributed by atoms with Gasteiger partial charge in [0.1, 0.15) is 24.2 Å². The standard InChI is InChI=1S/C12H12ClN3O3/c1-2-16-11(14-7-15-16)6-19-10-5-8(13)3-4-9(10)12(17)18/h3-5,7H,2,6H2,1H3,(H,17,18). The maximum atomic E-state index is 11.1. The Morgan fingerprint density at radius 1 is 1.53 bits per heavy atom. The van der Waals surface area contributed by atoms with Crippen LogP contribution < -0.4 is 4.74 Å². The highest BCUT2D eigenvalue weighted by Crippen LogP contribution is 2.24. The molecule has 100 valence electrons. The molecule has 0 unspecified atom stereocenters. The molecule has 1 N–H and O–H groups in total. The zero-order valence-electron chi connectivity index (χ0n) is 10.2. The number of aryl methyl sites for hydroxylation is 1. The van der Waals surface area contributed by atoms with Crippen molar-refractivity contribution < 1.29 is 14.6 Å². The predicted octanol–water partition coefficient (Wildman–Crippen LogP) is 2.23. The largest absolute Gasteiger partial charge is 0.485 e. The second-order valence-electron chi connectivity index (χ2n) is 3.73. The molecule has 0 aliphatic heterocycles. The first-order valence-corrected chi connectivity index (χ1v) is 6.02. The average molecular weight is 282 g/mol. The van der Waals surface area contributed by atoms with Gasteiger partial charge in [0.05, 0.1) is 0 Å². The first-order chi connectivity index (χ1) is 9.11. The molecule has 0 spiro atoms. The van der Waals surface area contributed by atoms with Crippen LogP contribution in [0.1, 0.15) is 23.1 Å². The Hall–Kier alpha value is -2.08. The molecule has 2 aromatic rings. The van der Waals surface area contributed by atoms with Gasteiger partial charge in [-0.1, -0.05) is 11.6 Å². The summed E-state index contributed by atoms with van der Waals surface area (Å²) in [6.45, 7) is 2.73. The van der Waals surface area contributed by atoms with Gasteiger partial charge in [-0.25, -0.2) is 14.5 Å². The number of rotatable bonds is 5. The Labute approximate surface area is 114 Å². The van der Waals surface area contributed by atoms with Gasteiger partial charge < -0.3 is 9.84 Å². The molecule has 0 saturated carbocycles. The molecule has 1 heterocycles. The molecule has 1 aromatic carbocycles. The third kappa shape index (κ3) is 3.03. The number of aromatic nitrogens is 3. The first-order valence-electron chi connectivity index (χ1n) is 5.64. The lowest BCUT2D eigenvalue weighted by atomic mass is 10.2. The highest BCUT2D eigenvalue weighted by atomic mass is 35.5. The van der Waals surface area contributed by atoms with Crippen LogP contribution in [0.5, 0.6) is 5.75 Å². The quantitative estimate of drug-likeness (QED) is 0.909. The number of ether oxygens (including phenoxy) is 1. The highest BCUT2D eigenvalue weighted by molar-refractivity contribution is 6.30. The van der Waals surface area contributed by atoms with Crippen molar-refractivity contribution in [3.05, 3.63) is 40.9 Å². The van der Waals surface area contributed by atoms with E-state index in [1.165, 1.54) is 24.5 Å². The minimum Gasteiger partial charge on any atom is -0.485 e. The van der Waals surface area contributed by atoms with Crippen LogP contribution in [0.2, 0.25) is 5.02 Å². The summed E-state index contributed by atoms with van der Waals surface area (Å²) in [6.07, 6.45) is 1.43. The molecule has 0 radical (unpaired) electrons. The summed E-state index contributed by atoms with van der Waals surface area (Å²) in [6, 6.07) is 4.38. The molecule has 7 heteroatoms. The van der Waals surface area contributed by atoms with E-state index in [0.717, 1.165) is 0 Å². The molecule has 19 heavy (non-hydrogen) atoms. The third-order valence-corrected chi connectivity index (χ3v) is 2.76. The fourth-order valence-electron chi connectivity index (χ4n) is 1.60. The van der Waals surface area contributed by atoms with Gasteiger partial charge in [0, 0.05) is 11.6 Å². The van der Waals surface area contributed by atoms with Crippen LogP contribution in [0.15, 0.2) is 24.5 Å². The number of carbonyl (C=O) groups is 1. The van der Waals surface area contributed by atoms with E-state index >= 15 is 0 Å². The number of carboxylic acids is 1. The van der Waals surface area contributed by atoms with Crippen LogP contribution in [0.3, 0.4) is 0 Å². The summed E-state index contributed by atoms with van der Waals surface area (Å²) >= 11 is 5.83. The number of aromatic carboxylic acids is 1. The second kappa shape index (κ2) is 5.71. The molecule has 0 saturated heterocycles. The lowest BCUT2D eigenvalue weighted by Crippen LogP contribution is -2.09. The number of carboxylic acid groups (broad SMARTS) is 1. The molecule has 1 aromatic heterocycles. The van der Waals surface area contributed by atoms with E-state index in [4.69, 9.17) is 21.4 Å². The van der Waals surface area contributed by atoms with E-state index < -0.39 is 5.97 Å². The second-order valence-corrected chi connectivity index (χ2v) is 4.16. The van der Waals surface area contributed by atoms with Crippen LogP contribution in [-0.2, 0) is 13.2 Å². The molecule has 6 nitrogen and oxygen atoms in total. The van der Waals surface area contributed by atoms with Gasteiger partial charge in [-0.3, -0.25) is 0 Å². The fraction of sp³-hybridized carbons (Fsp3) is 0.250. The molecule has 0 atom stereocenters. The Kier molecular flexibility index (Phi) is 4.01. The molecule has 0 aliphatic carbocycles. The summed E-state index contributed by atoms with van der Waals surface area (Å²) in [7, 11) is 0. The topological polar surface area (TPSA) is 77.2 Å². The Morgan fingerprint density at radius 3 is 3.00 bits per heavy atom. The van der Waals surface area contributed by atoms with Crippen LogP contribution in [0.25, 0.3) is 0 Å². The van der Waals surface area contributed by atoms with Crippen molar-refractivity contribution >= 4 is 17.6 Å². The van der Waals surface area contributed by atoms with Crippen molar-refractivity contribution in [3.8, 4) is 5.75 Å². The number of nitrogens with zero attached hydrogens (tertiary/aromatic N) is 3. The van der Waals surface area contributed by atoms with E-state index in [-0.39, 0.29) is 17.9 Å². The van der Waals surface area contributed by atoms with Gasteiger partial charge >= 0.3 is 5.97 Å². The SMILES string of the molecule is CCn1ncnc1COc1cc(Cl)ccc1C(=O)O. The summed E-state index contributed by atoms with van der Waals surface area (Å²) in [4.78, 5) is 15.1. The molecule has 0 aliphatic rings.